The number of hydrogen-bond acceptors (Lipinski definition) is 1. The van der Waals surface area contributed by atoms with Gasteiger partial charge in [0.2, 0.25) is 0 Å². The molecule has 2 aromatic rings. The first kappa shape index (κ1) is 18.8. The van der Waals surface area contributed by atoms with Gasteiger partial charge < -0.3 is 10.1 Å². The zero-order valence-electron chi connectivity index (χ0n) is 15.6. The number of nitrogens with one attached hydrogen (secondary N) is 1. The molecule has 0 spiro atoms. The van der Waals surface area contributed by atoms with Gasteiger partial charge in [0.1, 0.15) is 0 Å². The largest absolute Gasteiger partial charge is 0.934 e. The Morgan fingerprint density at radius 2 is 1.67 bits per heavy atom. The number of rotatable bonds is 4. The van der Waals surface area contributed by atoms with Crippen LogP contribution in [0.3, 0.4) is 0 Å². The van der Waals surface area contributed by atoms with Gasteiger partial charge in [0.25, 0.3) is 0 Å². The number of aromatic carboxylic acids is 1. The Labute approximate surface area is 156 Å². The lowest BCUT2D eigenvalue weighted by Crippen LogP contribution is -2.25. The van der Waals surface area contributed by atoms with E-state index in [0.29, 0.717) is 22.5 Å². The van der Waals surface area contributed by atoms with E-state index in [4.69, 9.17) is 5.11 Å². The Hall–Kier alpha value is -2.96. The van der Waals surface area contributed by atoms with Crippen LogP contribution < -0.4 is 0 Å². The summed E-state index contributed by atoms with van der Waals surface area (Å²) in [6, 6.07) is 8.25. The number of aromatic nitrogens is 1. The zero-order chi connectivity index (χ0) is 19.9. The van der Waals surface area contributed by atoms with Crippen LogP contribution >= 0.6 is 0 Å². The molecule has 0 bridgehead atoms. The fourth-order valence-electron chi connectivity index (χ4n) is 3.55. The summed E-state index contributed by atoms with van der Waals surface area (Å²) in [5, 5.41) is 9.14. The molecule has 0 saturated heterocycles. The summed E-state index contributed by atoms with van der Waals surface area (Å²) in [5.41, 5.74) is 5.69. The highest BCUT2D eigenvalue weighted by Gasteiger charge is 2.44. The maximum Gasteiger partial charge on any atom is 0.934 e. The van der Waals surface area contributed by atoms with Crippen molar-refractivity contribution in [1.82, 2.24) is 4.98 Å². The summed E-state index contributed by atoms with van der Waals surface area (Å²) in [6.45, 7) is 7.28. The smallest absolute Gasteiger partial charge is 0.478 e. The number of aromatic amines is 1. The lowest BCUT2D eigenvalue weighted by molar-refractivity contribution is -0.343. The summed E-state index contributed by atoms with van der Waals surface area (Å²) in [4.78, 5) is 14.4. The number of allylic oxidation sites excluding steroid dienone is 2. The van der Waals surface area contributed by atoms with Crippen LogP contribution in [-0.4, -0.2) is 33.7 Å². The van der Waals surface area contributed by atoms with Crippen LogP contribution in [0.5, 0.6) is 0 Å². The normalized spacial score (nSPS) is 15.9. The van der Waals surface area contributed by atoms with E-state index >= 15 is 0 Å². The van der Waals surface area contributed by atoms with Crippen LogP contribution in [0.2, 0.25) is 0 Å². The molecule has 1 aliphatic rings. The number of hydrogen-bond donors (Lipinski definition) is 2. The first-order valence-corrected chi connectivity index (χ1v) is 8.55. The Morgan fingerprint density at radius 3 is 2.15 bits per heavy atom. The molecule has 1 aromatic heterocycles. The van der Waals surface area contributed by atoms with Gasteiger partial charge in [-0.2, -0.15) is 0 Å². The Bertz CT molecular complexity index is 1020. The van der Waals surface area contributed by atoms with Gasteiger partial charge in [-0.05, 0) is 50.1 Å². The molecular weight excluding hydrogens is 349 g/mol. The summed E-state index contributed by atoms with van der Waals surface area (Å²) in [5.74, 6) is -1.03. The molecule has 2 heterocycles. The molecule has 0 atom stereocenters. The van der Waals surface area contributed by atoms with Crippen molar-refractivity contribution in [2.75, 3.05) is 0 Å². The van der Waals surface area contributed by atoms with Gasteiger partial charge in [-0.1, -0.05) is 12.1 Å². The van der Waals surface area contributed by atoms with E-state index in [2.05, 4.69) is 4.98 Å². The summed E-state index contributed by atoms with van der Waals surface area (Å²) >= 11 is 0. The fraction of sp³-hybridized carbons (Fsp3) is 0.200. The SMILES string of the molecule is CC1=CC(C)=[N+](B(F)F)/C1=C(/c1ccc(C(=O)O)cc1)c1[nH]c(C)cc1C. The standard InChI is InChI=1S/C20H19BF2N2O2/c1-11-9-13(3)24-18(11)17(15-5-7-16(8-6-15)20(26)27)19-12(2)10-14(4)25(19)21(22)23/h5-10H,1-4H3,(H,26,27)/p+1. The second-order valence-electron chi connectivity index (χ2n) is 6.73. The van der Waals surface area contributed by atoms with Gasteiger partial charge in [0, 0.05) is 24.3 Å². The number of carboxylic acid groups (broad SMARTS) is 1. The van der Waals surface area contributed by atoms with E-state index in [0.717, 1.165) is 27.0 Å². The van der Waals surface area contributed by atoms with Crippen molar-refractivity contribution >= 4 is 24.7 Å². The van der Waals surface area contributed by atoms with Crippen LogP contribution in [0.25, 0.3) is 5.57 Å². The molecule has 4 nitrogen and oxygen atoms in total. The molecule has 0 radical (unpaired) electrons. The summed E-state index contributed by atoms with van der Waals surface area (Å²) in [7, 11) is -2.68. The van der Waals surface area contributed by atoms with Gasteiger partial charge in [-0.25, -0.2) is 17.9 Å². The third kappa shape index (κ3) is 3.37. The lowest BCUT2D eigenvalue weighted by atomic mass is 9.93. The van der Waals surface area contributed by atoms with Gasteiger partial charge in [0.15, 0.2) is 11.4 Å². The average Bonchev–Trinajstić information content (AvgIpc) is 3.07. The molecule has 0 saturated carbocycles. The van der Waals surface area contributed by atoms with E-state index < -0.39 is 13.4 Å². The highest BCUT2D eigenvalue weighted by molar-refractivity contribution is 6.35. The molecule has 27 heavy (non-hydrogen) atoms. The number of nitrogens with zero attached hydrogens (tertiary/aromatic N) is 1. The molecule has 138 valence electrons. The van der Waals surface area contributed by atoms with Crippen molar-refractivity contribution in [1.29, 1.82) is 0 Å². The number of carbonyl (C=O) groups is 1. The van der Waals surface area contributed by atoms with Gasteiger partial charge in [-0.15, -0.1) is 0 Å². The van der Waals surface area contributed by atoms with Crippen LogP contribution in [0.15, 0.2) is 47.7 Å². The van der Waals surface area contributed by atoms with Gasteiger partial charge in [0.05, 0.1) is 16.8 Å². The maximum absolute atomic E-state index is 13.8. The predicted molar refractivity (Wildman–Crippen MR) is 102 cm³/mol. The average molecular weight is 369 g/mol. The predicted octanol–water partition coefficient (Wildman–Crippen LogP) is 4.45. The molecule has 0 aliphatic carbocycles. The first-order valence-electron chi connectivity index (χ1n) is 8.55. The highest BCUT2D eigenvalue weighted by Crippen LogP contribution is 2.35. The second kappa shape index (κ2) is 6.98. The van der Waals surface area contributed by atoms with E-state index in [-0.39, 0.29) is 5.56 Å². The fourth-order valence-corrected chi connectivity index (χ4v) is 3.55. The molecule has 1 aliphatic heterocycles. The van der Waals surface area contributed by atoms with Crippen LogP contribution in [-0.2, 0) is 0 Å². The molecule has 0 fully saturated rings. The summed E-state index contributed by atoms with van der Waals surface area (Å²) < 4.78 is 28.7. The Kier molecular flexibility index (Phi) is 4.87. The van der Waals surface area contributed by atoms with E-state index in [1.807, 2.05) is 19.9 Å². The topological polar surface area (TPSA) is 56.1 Å². The number of benzene rings is 1. The van der Waals surface area contributed by atoms with Crippen LogP contribution in [0.4, 0.5) is 8.63 Å². The van der Waals surface area contributed by atoms with Crippen molar-refractivity contribution in [2.24, 2.45) is 0 Å². The van der Waals surface area contributed by atoms with E-state index in [1.165, 1.54) is 12.1 Å². The minimum Gasteiger partial charge on any atom is -0.478 e. The molecule has 3 rings (SSSR count). The molecule has 1 aromatic carbocycles. The number of aryl methyl sites for hydroxylation is 2. The van der Waals surface area contributed by atoms with Crippen LogP contribution in [0.1, 0.15) is 46.7 Å². The van der Waals surface area contributed by atoms with Gasteiger partial charge >= 0.3 is 13.4 Å². The van der Waals surface area contributed by atoms with E-state index in [9.17, 15) is 13.4 Å². The quantitative estimate of drug-likeness (QED) is 0.783. The molecule has 7 heteroatoms. The minimum atomic E-state index is -2.68. The zero-order valence-corrected chi connectivity index (χ0v) is 15.6. The van der Waals surface area contributed by atoms with Crippen LogP contribution in [0, 0.1) is 13.8 Å². The molecule has 0 unspecified atom stereocenters. The third-order valence-electron chi connectivity index (χ3n) is 4.67. The minimum absolute atomic E-state index is 0.148. The Balaban J connectivity index is 2.34. The molecule has 0 amide bonds. The van der Waals surface area contributed by atoms with Crippen molar-refractivity contribution in [3.63, 3.8) is 0 Å². The molecular formula is C20H20BF2N2O2+. The Morgan fingerprint density at radius 1 is 1.07 bits per heavy atom. The maximum atomic E-state index is 13.8. The van der Waals surface area contributed by atoms with Crippen molar-refractivity contribution in [3.05, 3.63) is 75.8 Å². The van der Waals surface area contributed by atoms with Gasteiger partial charge in [-0.3, -0.25) is 0 Å². The first-order chi connectivity index (χ1) is 12.7. The molecule has 2 N–H and O–H groups in total. The monoisotopic (exact) mass is 369 g/mol. The second-order valence-corrected chi connectivity index (χ2v) is 6.73. The lowest BCUT2D eigenvalue weighted by Gasteiger charge is -2.12. The number of H-pyrrole nitrogens is 1. The van der Waals surface area contributed by atoms with E-state index in [1.54, 1.807) is 32.1 Å². The van der Waals surface area contributed by atoms with Crippen molar-refractivity contribution in [3.8, 4) is 0 Å². The highest BCUT2D eigenvalue weighted by atomic mass is 19.2. The summed E-state index contributed by atoms with van der Waals surface area (Å²) in [6.07, 6.45) is 1.73. The number of carboxylic acids is 1. The number of halogens is 2. The third-order valence-corrected chi connectivity index (χ3v) is 4.67. The van der Waals surface area contributed by atoms with Crippen molar-refractivity contribution in [2.45, 2.75) is 27.7 Å². The van der Waals surface area contributed by atoms with Crippen molar-refractivity contribution < 1.29 is 23.0 Å².